The average molecular weight is 413 g/mol. The van der Waals surface area contributed by atoms with Gasteiger partial charge in [-0.25, -0.2) is 4.39 Å². The fraction of sp³-hybridized carbons (Fsp3) is 0.440. The standard InChI is InChI=1S/C25H33FN2O2/c1-7-9-21(17(2)26)20-13-11-19(12-14-20)18(3)27-24(30)22-10-8-15-28(22)23(29)16-25(4,5)6/h7,9,11-14,18,22H,1-2,8,10,15-16H2,3-6H3,(H,27,30)/b21-9+. The highest BCUT2D eigenvalue weighted by atomic mass is 19.1. The third-order valence-corrected chi connectivity index (χ3v) is 5.21. The maximum Gasteiger partial charge on any atom is 0.243 e. The number of rotatable bonds is 7. The molecule has 2 atom stereocenters. The Hall–Kier alpha value is -2.69. The van der Waals surface area contributed by atoms with E-state index in [-0.39, 0.29) is 23.3 Å². The lowest BCUT2D eigenvalue weighted by Gasteiger charge is -2.28. The average Bonchev–Trinajstić information content (AvgIpc) is 3.15. The Morgan fingerprint density at radius 3 is 2.47 bits per heavy atom. The van der Waals surface area contributed by atoms with Crippen molar-refractivity contribution < 1.29 is 14.0 Å². The van der Waals surface area contributed by atoms with Crippen molar-refractivity contribution in [1.82, 2.24) is 10.2 Å². The number of nitrogens with zero attached hydrogens (tertiary/aromatic N) is 1. The van der Waals surface area contributed by atoms with Crippen molar-refractivity contribution in [3.8, 4) is 0 Å². The number of benzene rings is 1. The van der Waals surface area contributed by atoms with Crippen molar-refractivity contribution in [1.29, 1.82) is 0 Å². The van der Waals surface area contributed by atoms with E-state index in [1.54, 1.807) is 23.1 Å². The molecule has 0 aliphatic carbocycles. The lowest BCUT2D eigenvalue weighted by molar-refractivity contribution is -0.140. The maximum atomic E-state index is 13.6. The van der Waals surface area contributed by atoms with Gasteiger partial charge in [-0.1, -0.05) is 70.3 Å². The van der Waals surface area contributed by atoms with Crippen LogP contribution in [0.1, 0.15) is 64.1 Å². The highest BCUT2D eigenvalue weighted by molar-refractivity contribution is 5.88. The first kappa shape index (κ1) is 23.6. The number of halogens is 1. The quantitative estimate of drug-likeness (QED) is 0.614. The van der Waals surface area contributed by atoms with E-state index in [0.717, 1.165) is 12.0 Å². The molecule has 30 heavy (non-hydrogen) atoms. The summed E-state index contributed by atoms with van der Waals surface area (Å²) in [6.45, 7) is 15.6. The molecule has 0 radical (unpaired) electrons. The lowest BCUT2D eigenvalue weighted by Crippen LogP contribution is -2.47. The molecule has 1 heterocycles. The van der Waals surface area contributed by atoms with E-state index in [0.29, 0.717) is 30.5 Å². The van der Waals surface area contributed by atoms with Crippen molar-refractivity contribution in [3.63, 3.8) is 0 Å². The van der Waals surface area contributed by atoms with Gasteiger partial charge >= 0.3 is 0 Å². The molecule has 4 nitrogen and oxygen atoms in total. The second-order valence-electron chi connectivity index (χ2n) is 9.06. The zero-order valence-corrected chi connectivity index (χ0v) is 18.5. The molecule has 162 valence electrons. The van der Waals surface area contributed by atoms with Crippen LogP contribution in [-0.4, -0.2) is 29.3 Å². The van der Waals surface area contributed by atoms with Gasteiger partial charge in [0.15, 0.2) is 0 Å². The molecule has 2 rings (SSSR count). The first-order valence-corrected chi connectivity index (χ1v) is 10.4. The Kier molecular flexibility index (Phi) is 7.77. The number of hydrogen-bond acceptors (Lipinski definition) is 2. The first-order chi connectivity index (χ1) is 14.0. The molecular weight excluding hydrogens is 379 g/mol. The number of allylic oxidation sites excluding steroid dienone is 4. The van der Waals surface area contributed by atoms with Crippen LogP contribution in [0.3, 0.4) is 0 Å². The third-order valence-electron chi connectivity index (χ3n) is 5.21. The monoisotopic (exact) mass is 412 g/mol. The SMILES string of the molecule is C=C/C=C(\C(=C)F)c1ccc(C(C)NC(=O)C2CCCN2C(=O)CC(C)(C)C)cc1. The number of carbonyl (C=O) groups excluding carboxylic acids is 2. The fourth-order valence-corrected chi connectivity index (χ4v) is 3.70. The summed E-state index contributed by atoms with van der Waals surface area (Å²) >= 11 is 0. The second kappa shape index (κ2) is 9.88. The summed E-state index contributed by atoms with van der Waals surface area (Å²) in [4.78, 5) is 27.2. The number of likely N-dealkylation sites (tertiary alicyclic amines) is 1. The summed E-state index contributed by atoms with van der Waals surface area (Å²) < 4.78 is 13.6. The van der Waals surface area contributed by atoms with Gasteiger partial charge < -0.3 is 10.2 Å². The summed E-state index contributed by atoms with van der Waals surface area (Å²) in [6.07, 6.45) is 5.04. The smallest absolute Gasteiger partial charge is 0.243 e. The minimum absolute atomic E-state index is 0.0325. The summed E-state index contributed by atoms with van der Waals surface area (Å²) in [7, 11) is 0. The minimum atomic E-state index is -0.523. The van der Waals surface area contributed by atoms with Crippen LogP contribution in [0.25, 0.3) is 5.57 Å². The van der Waals surface area contributed by atoms with Crippen molar-refractivity contribution >= 4 is 17.4 Å². The molecule has 0 saturated carbocycles. The number of nitrogens with one attached hydrogen (secondary N) is 1. The fourth-order valence-electron chi connectivity index (χ4n) is 3.70. The van der Waals surface area contributed by atoms with Crippen LogP contribution in [0.5, 0.6) is 0 Å². The largest absolute Gasteiger partial charge is 0.348 e. The molecule has 5 heteroatoms. The molecule has 1 N–H and O–H groups in total. The van der Waals surface area contributed by atoms with Crippen LogP contribution in [0.4, 0.5) is 4.39 Å². The van der Waals surface area contributed by atoms with Gasteiger partial charge in [-0.05, 0) is 36.3 Å². The molecule has 2 amide bonds. The maximum absolute atomic E-state index is 13.6. The van der Waals surface area contributed by atoms with Gasteiger partial charge in [0.2, 0.25) is 11.8 Å². The zero-order chi connectivity index (χ0) is 22.5. The van der Waals surface area contributed by atoms with E-state index in [2.05, 4.69) is 18.5 Å². The second-order valence-corrected chi connectivity index (χ2v) is 9.06. The Labute approximate surface area is 179 Å². The van der Waals surface area contributed by atoms with E-state index in [1.165, 1.54) is 6.08 Å². The van der Waals surface area contributed by atoms with Crippen LogP contribution in [-0.2, 0) is 9.59 Å². The summed E-state index contributed by atoms with van der Waals surface area (Å²) in [5, 5.41) is 3.03. The molecule has 1 aromatic rings. The Morgan fingerprint density at radius 2 is 1.93 bits per heavy atom. The van der Waals surface area contributed by atoms with Gasteiger partial charge in [0.25, 0.3) is 0 Å². The van der Waals surface area contributed by atoms with Crippen molar-refractivity contribution in [2.45, 2.75) is 59.0 Å². The molecule has 1 aliphatic heterocycles. The normalized spacial score (nSPS) is 18.1. The van der Waals surface area contributed by atoms with E-state index >= 15 is 0 Å². The van der Waals surface area contributed by atoms with Gasteiger partial charge in [-0.2, -0.15) is 0 Å². The third kappa shape index (κ3) is 6.15. The van der Waals surface area contributed by atoms with Crippen LogP contribution in [0.15, 0.2) is 55.4 Å². The molecule has 1 aromatic carbocycles. The Balaban J connectivity index is 2.06. The zero-order valence-electron chi connectivity index (χ0n) is 18.5. The molecule has 1 saturated heterocycles. The molecule has 0 bridgehead atoms. The molecule has 0 aromatic heterocycles. The molecule has 2 unspecified atom stereocenters. The number of hydrogen-bond donors (Lipinski definition) is 1. The Morgan fingerprint density at radius 1 is 1.30 bits per heavy atom. The van der Waals surface area contributed by atoms with Gasteiger partial charge in [0.1, 0.15) is 11.9 Å². The summed E-state index contributed by atoms with van der Waals surface area (Å²) in [5.41, 5.74) is 1.87. The predicted molar refractivity (Wildman–Crippen MR) is 120 cm³/mol. The summed E-state index contributed by atoms with van der Waals surface area (Å²) in [6, 6.07) is 6.67. The minimum Gasteiger partial charge on any atom is -0.348 e. The Bertz CT molecular complexity index is 834. The summed E-state index contributed by atoms with van der Waals surface area (Å²) in [5.74, 6) is -0.619. The molecule has 1 fully saturated rings. The van der Waals surface area contributed by atoms with E-state index in [9.17, 15) is 14.0 Å². The molecule has 1 aliphatic rings. The van der Waals surface area contributed by atoms with Crippen LogP contribution < -0.4 is 5.32 Å². The van der Waals surface area contributed by atoms with Gasteiger partial charge in [-0.3, -0.25) is 9.59 Å². The van der Waals surface area contributed by atoms with Crippen LogP contribution in [0, 0.1) is 5.41 Å². The van der Waals surface area contributed by atoms with Crippen LogP contribution >= 0.6 is 0 Å². The topological polar surface area (TPSA) is 49.4 Å². The van der Waals surface area contributed by atoms with Crippen molar-refractivity contribution in [2.24, 2.45) is 5.41 Å². The highest BCUT2D eigenvalue weighted by Gasteiger charge is 2.35. The van der Waals surface area contributed by atoms with Crippen molar-refractivity contribution in [3.05, 3.63) is 66.5 Å². The van der Waals surface area contributed by atoms with Gasteiger partial charge in [0.05, 0.1) is 6.04 Å². The van der Waals surface area contributed by atoms with E-state index in [1.807, 2.05) is 39.8 Å². The van der Waals surface area contributed by atoms with Gasteiger partial charge in [-0.15, -0.1) is 0 Å². The molecular formula is C25H33FN2O2. The lowest BCUT2D eigenvalue weighted by atomic mass is 9.91. The van der Waals surface area contributed by atoms with E-state index in [4.69, 9.17) is 0 Å². The predicted octanol–water partition coefficient (Wildman–Crippen LogP) is 5.34. The van der Waals surface area contributed by atoms with Gasteiger partial charge in [0, 0.05) is 18.5 Å². The first-order valence-electron chi connectivity index (χ1n) is 10.4. The van der Waals surface area contributed by atoms with E-state index < -0.39 is 11.9 Å². The highest BCUT2D eigenvalue weighted by Crippen LogP contribution is 2.27. The number of carbonyl (C=O) groups is 2. The molecule has 0 spiro atoms. The number of amides is 2. The van der Waals surface area contributed by atoms with Crippen LogP contribution in [0.2, 0.25) is 0 Å². The van der Waals surface area contributed by atoms with Crippen molar-refractivity contribution in [2.75, 3.05) is 6.54 Å².